The summed E-state index contributed by atoms with van der Waals surface area (Å²) < 4.78 is 0. The quantitative estimate of drug-likeness (QED) is 0.622. The van der Waals surface area contributed by atoms with Crippen LogP contribution in [0.1, 0.15) is 26.7 Å². The van der Waals surface area contributed by atoms with Crippen LogP contribution in [0.5, 0.6) is 0 Å². The molecule has 1 nitrogen and oxygen atoms in total. The summed E-state index contributed by atoms with van der Waals surface area (Å²) in [7, 11) is 0. The van der Waals surface area contributed by atoms with E-state index in [-0.39, 0.29) is 0 Å². The highest BCUT2D eigenvalue weighted by Crippen LogP contribution is 2.15. The molecule has 1 aliphatic heterocycles. The molecule has 1 aliphatic rings. The molecule has 1 unspecified atom stereocenters. The molecule has 0 aromatic heterocycles. The van der Waals surface area contributed by atoms with E-state index in [2.05, 4.69) is 30.5 Å². The fourth-order valence-corrected chi connectivity index (χ4v) is 2.50. The number of hydrogen-bond acceptors (Lipinski definition) is 2. The van der Waals surface area contributed by atoms with E-state index in [1.165, 1.54) is 44.0 Å². The van der Waals surface area contributed by atoms with Crippen molar-refractivity contribution in [2.45, 2.75) is 26.7 Å². The summed E-state index contributed by atoms with van der Waals surface area (Å²) in [5.41, 5.74) is 0. The molecule has 1 saturated heterocycles. The van der Waals surface area contributed by atoms with Gasteiger partial charge < -0.3 is 4.90 Å². The van der Waals surface area contributed by atoms with Crippen LogP contribution in [0.15, 0.2) is 0 Å². The minimum absolute atomic E-state index is 0.936. The van der Waals surface area contributed by atoms with Crippen molar-refractivity contribution in [3.05, 3.63) is 0 Å². The number of hydrogen-bond donors (Lipinski definition) is 0. The van der Waals surface area contributed by atoms with Crippen LogP contribution in [-0.4, -0.2) is 36.0 Å². The lowest BCUT2D eigenvalue weighted by molar-refractivity contribution is 0.194. The molecular formula is C10H21NS. The molecule has 0 aromatic rings. The van der Waals surface area contributed by atoms with Gasteiger partial charge in [-0.1, -0.05) is 13.8 Å². The summed E-state index contributed by atoms with van der Waals surface area (Å²) in [6.45, 7) is 8.60. The van der Waals surface area contributed by atoms with Crippen LogP contribution in [0.25, 0.3) is 0 Å². The highest BCUT2D eigenvalue weighted by atomic mass is 32.2. The average molecular weight is 187 g/mol. The summed E-state index contributed by atoms with van der Waals surface area (Å²) >= 11 is 2.06. The maximum atomic E-state index is 2.62. The van der Waals surface area contributed by atoms with Crippen molar-refractivity contribution in [1.29, 1.82) is 0 Å². The third kappa shape index (κ3) is 3.81. The molecule has 0 amide bonds. The fourth-order valence-electron chi connectivity index (χ4n) is 1.83. The van der Waals surface area contributed by atoms with E-state index in [0.29, 0.717) is 0 Å². The Labute approximate surface area is 80.9 Å². The summed E-state index contributed by atoms with van der Waals surface area (Å²) in [4.78, 5) is 2.62. The molecule has 0 saturated carbocycles. The summed E-state index contributed by atoms with van der Waals surface area (Å²) in [5, 5.41) is 0. The number of nitrogens with zero attached hydrogens (tertiary/aromatic N) is 1. The van der Waals surface area contributed by atoms with Gasteiger partial charge in [0.25, 0.3) is 0 Å². The van der Waals surface area contributed by atoms with Crippen molar-refractivity contribution in [2.75, 3.05) is 31.1 Å². The zero-order valence-corrected chi connectivity index (χ0v) is 9.20. The SMILES string of the molecule is CCSCCN1CCCC(C)C1. The monoisotopic (exact) mass is 187 g/mol. The van der Waals surface area contributed by atoms with E-state index < -0.39 is 0 Å². The van der Waals surface area contributed by atoms with Crippen molar-refractivity contribution in [1.82, 2.24) is 4.90 Å². The van der Waals surface area contributed by atoms with Gasteiger partial charge in [-0.2, -0.15) is 11.8 Å². The average Bonchev–Trinajstić information content (AvgIpc) is 2.05. The van der Waals surface area contributed by atoms with Gasteiger partial charge in [-0.3, -0.25) is 0 Å². The maximum Gasteiger partial charge on any atom is 0.00724 e. The van der Waals surface area contributed by atoms with Crippen LogP contribution < -0.4 is 0 Å². The van der Waals surface area contributed by atoms with Crippen LogP contribution in [0.4, 0.5) is 0 Å². The van der Waals surface area contributed by atoms with Crippen molar-refractivity contribution in [2.24, 2.45) is 5.92 Å². The van der Waals surface area contributed by atoms with Crippen molar-refractivity contribution in [3.63, 3.8) is 0 Å². The minimum Gasteiger partial charge on any atom is -0.302 e. The van der Waals surface area contributed by atoms with Gasteiger partial charge in [0.05, 0.1) is 0 Å². The standard InChI is InChI=1S/C10H21NS/c1-3-12-8-7-11-6-4-5-10(2)9-11/h10H,3-9H2,1-2H3. The van der Waals surface area contributed by atoms with E-state index in [1.54, 1.807) is 0 Å². The summed E-state index contributed by atoms with van der Waals surface area (Å²) in [6.07, 6.45) is 2.86. The number of rotatable bonds is 4. The second-order valence-corrected chi connectivity index (χ2v) is 5.14. The molecule has 1 heterocycles. The Bertz CT molecular complexity index is 116. The van der Waals surface area contributed by atoms with Gasteiger partial charge in [0.1, 0.15) is 0 Å². The van der Waals surface area contributed by atoms with Gasteiger partial charge in [-0.05, 0) is 31.1 Å². The van der Waals surface area contributed by atoms with Gasteiger partial charge in [0.15, 0.2) is 0 Å². The van der Waals surface area contributed by atoms with Gasteiger partial charge in [-0.25, -0.2) is 0 Å². The summed E-state index contributed by atoms with van der Waals surface area (Å²) in [6, 6.07) is 0. The molecule has 2 heteroatoms. The number of piperidine rings is 1. The first-order chi connectivity index (χ1) is 5.83. The second kappa shape index (κ2) is 5.87. The van der Waals surface area contributed by atoms with Crippen LogP contribution >= 0.6 is 11.8 Å². The molecule has 0 aliphatic carbocycles. The second-order valence-electron chi connectivity index (χ2n) is 3.74. The first-order valence-corrected chi connectivity index (χ1v) is 6.28. The molecule has 12 heavy (non-hydrogen) atoms. The lowest BCUT2D eigenvalue weighted by atomic mass is 10.0. The first kappa shape index (κ1) is 10.4. The Morgan fingerprint density at radius 2 is 2.33 bits per heavy atom. The normalized spacial score (nSPS) is 26.0. The van der Waals surface area contributed by atoms with Gasteiger partial charge >= 0.3 is 0 Å². The molecule has 0 spiro atoms. The Balaban J connectivity index is 2.06. The molecule has 0 bridgehead atoms. The lowest BCUT2D eigenvalue weighted by Gasteiger charge is -2.30. The third-order valence-electron chi connectivity index (χ3n) is 2.50. The zero-order valence-electron chi connectivity index (χ0n) is 8.38. The Morgan fingerprint density at radius 3 is 3.00 bits per heavy atom. The van der Waals surface area contributed by atoms with Crippen molar-refractivity contribution >= 4 is 11.8 Å². The van der Waals surface area contributed by atoms with Crippen molar-refractivity contribution < 1.29 is 0 Å². The minimum atomic E-state index is 0.936. The van der Waals surface area contributed by atoms with Crippen molar-refractivity contribution in [3.8, 4) is 0 Å². The van der Waals surface area contributed by atoms with E-state index in [1.807, 2.05) is 0 Å². The Kier molecular flexibility index (Phi) is 5.08. The Morgan fingerprint density at radius 1 is 1.50 bits per heavy atom. The zero-order chi connectivity index (χ0) is 8.81. The maximum absolute atomic E-state index is 2.62. The molecule has 1 fully saturated rings. The number of thioether (sulfide) groups is 1. The van der Waals surface area contributed by atoms with Gasteiger partial charge in [-0.15, -0.1) is 0 Å². The molecular weight excluding hydrogens is 166 g/mol. The predicted molar refractivity (Wildman–Crippen MR) is 57.8 cm³/mol. The number of likely N-dealkylation sites (tertiary alicyclic amines) is 1. The topological polar surface area (TPSA) is 3.24 Å². The predicted octanol–water partition coefficient (Wildman–Crippen LogP) is 2.47. The van der Waals surface area contributed by atoms with E-state index in [4.69, 9.17) is 0 Å². The molecule has 0 aromatic carbocycles. The smallest absolute Gasteiger partial charge is 0.00724 e. The van der Waals surface area contributed by atoms with Crippen LogP contribution in [0, 0.1) is 5.92 Å². The highest BCUT2D eigenvalue weighted by molar-refractivity contribution is 7.99. The Hall–Kier alpha value is 0.310. The van der Waals surface area contributed by atoms with Gasteiger partial charge in [0, 0.05) is 18.8 Å². The highest BCUT2D eigenvalue weighted by Gasteiger charge is 2.14. The molecule has 0 N–H and O–H groups in total. The fraction of sp³-hybridized carbons (Fsp3) is 1.00. The molecule has 0 radical (unpaired) electrons. The molecule has 1 rings (SSSR count). The first-order valence-electron chi connectivity index (χ1n) is 5.13. The van der Waals surface area contributed by atoms with E-state index in [9.17, 15) is 0 Å². The van der Waals surface area contributed by atoms with Gasteiger partial charge in [0.2, 0.25) is 0 Å². The molecule has 1 atom stereocenters. The van der Waals surface area contributed by atoms with Crippen LogP contribution in [0.3, 0.4) is 0 Å². The van der Waals surface area contributed by atoms with E-state index in [0.717, 1.165) is 5.92 Å². The molecule has 72 valence electrons. The largest absolute Gasteiger partial charge is 0.302 e. The van der Waals surface area contributed by atoms with E-state index >= 15 is 0 Å². The lowest BCUT2D eigenvalue weighted by Crippen LogP contribution is -2.35. The van der Waals surface area contributed by atoms with Crippen LogP contribution in [-0.2, 0) is 0 Å². The van der Waals surface area contributed by atoms with Crippen LogP contribution in [0.2, 0.25) is 0 Å². The summed E-state index contributed by atoms with van der Waals surface area (Å²) in [5.74, 6) is 3.53. The third-order valence-corrected chi connectivity index (χ3v) is 3.38.